The Balaban J connectivity index is 1.90. The minimum Gasteiger partial charge on any atom is -0.435 e. The van der Waals surface area contributed by atoms with Crippen LogP contribution in [-0.4, -0.2) is 28.5 Å². The molecule has 3 aromatic rings. The van der Waals surface area contributed by atoms with Gasteiger partial charge in [-0.3, -0.25) is 0 Å². The maximum atomic E-state index is 13.6. The molecule has 0 N–H and O–H groups in total. The number of halogens is 1. The zero-order valence-electron chi connectivity index (χ0n) is 15.2. The highest BCUT2D eigenvalue weighted by Gasteiger charge is 2.13. The predicted octanol–water partition coefficient (Wildman–Crippen LogP) is 4.10. The van der Waals surface area contributed by atoms with E-state index in [4.69, 9.17) is 11.2 Å². The second-order valence-electron chi connectivity index (χ2n) is 5.89. The molecule has 0 unspecified atom stereocenters. The minimum atomic E-state index is -0.262. The van der Waals surface area contributed by atoms with Gasteiger partial charge in [0.25, 0.3) is 0 Å². The topological polar surface area (TPSA) is 51.1 Å². The molecule has 0 amide bonds. The molecule has 0 aliphatic rings. The van der Waals surface area contributed by atoms with E-state index in [1.165, 1.54) is 12.1 Å². The fraction of sp³-hybridized carbons (Fsp3) is 0.190. The number of hydrogen-bond donors (Lipinski definition) is 0. The van der Waals surface area contributed by atoms with Crippen molar-refractivity contribution in [1.82, 2.24) is 15.0 Å². The summed E-state index contributed by atoms with van der Waals surface area (Å²) >= 11 is 0. The lowest BCUT2D eigenvalue weighted by Gasteiger charge is -2.15. The summed E-state index contributed by atoms with van der Waals surface area (Å²) in [5, 5.41) is 0. The van der Waals surface area contributed by atoms with E-state index in [1.807, 2.05) is 26.1 Å². The van der Waals surface area contributed by atoms with E-state index in [-0.39, 0.29) is 5.82 Å². The van der Waals surface area contributed by atoms with Gasteiger partial charge in [0, 0.05) is 18.8 Å². The molecule has 6 heteroatoms. The molecular weight excluding hydrogens is 343 g/mol. The molecular formula is C21H19FN4O. The average Bonchev–Trinajstić information content (AvgIpc) is 2.69. The van der Waals surface area contributed by atoms with E-state index in [0.717, 1.165) is 16.7 Å². The van der Waals surface area contributed by atoms with Crippen LogP contribution in [0.15, 0.2) is 48.9 Å². The Labute approximate surface area is 157 Å². The van der Waals surface area contributed by atoms with Crippen LogP contribution in [0.4, 0.5) is 10.3 Å². The number of terminal acetylenes is 1. The minimum absolute atomic E-state index is 0.262. The van der Waals surface area contributed by atoms with Crippen molar-refractivity contribution in [2.75, 3.05) is 18.5 Å². The molecule has 0 aliphatic carbocycles. The number of aromatic nitrogens is 3. The first-order valence-corrected chi connectivity index (χ1v) is 8.50. The van der Waals surface area contributed by atoms with Crippen LogP contribution in [-0.2, 0) is 6.42 Å². The third-order valence-electron chi connectivity index (χ3n) is 4.01. The van der Waals surface area contributed by atoms with Crippen LogP contribution < -0.4 is 9.64 Å². The number of hydrogen-bond acceptors (Lipinski definition) is 5. The molecule has 0 bridgehead atoms. The summed E-state index contributed by atoms with van der Waals surface area (Å²) in [6.07, 6.45) is 10.8. The number of anilines is 1. The van der Waals surface area contributed by atoms with Gasteiger partial charge in [0.15, 0.2) is 5.75 Å². The molecule has 27 heavy (non-hydrogen) atoms. The Morgan fingerprint density at radius 3 is 2.63 bits per heavy atom. The lowest BCUT2D eigenvalue weighted by molar-refractivity contribution is 0.460. The van der Waals surface area contributed by atoms with E-state index in [9.17, 15) is 4.39 Å². The highest BCUT2D eigenvalue weighted by atomic mass is 19.1. The summed E-state index contributed by atoms with van der Waals surface area (Å²) < 4.78 is 19.5. The first-order valence-electron chi connectivity index (χ1n) is 8.50. The Bertz CT molecular complexity index is 967. The maximum Gasteiger partial charge on any atom is 0.227 e. The normalized spacial score (nSPS) is 10.3. The van der Waals surface area contributed by atoms with Crippen LogP contribution in [0.5, 0.6) is 11.6 Å². The average molecular weight is 362 g/mol. The van der Waals surface area contributed by atoms with Crippen LogP contribution in [0.25, 0.3) is 11.1 Å². The molecule has 0 aliphatic heterocycles. The van der Waals surface area contributed by atoms with E-state index >= 15 is 0 Å². The van der Waals surface area contributed by atoms with Crippen molar-refractivity contribution < 1.29 is 9.13 Å². The Kier molecular flexibility index (Phi) is 5.62. The van der Waals surface area contributed by atoms with Crippen molar-refractivity contribution in [3.05, 3.63) is 60.3 Å². The van der Waals surface area contributed by atoms with Gasteiger partial charge in [-0.25, -0.2) is 19.3 Å². The van der Waals surface area contributed by atoms with E-state index < -0.39 is 0 Å². The van der Waals surface area contributed by atoms with E-state index in [2.05, 4.69) is 20.9 Å². The highest BCUT2D eigenvalue weighted by Crippen LogP contribution is 2.33. The third kappa shape index (κ3) is 4.21. The maximum absolute atomic E-state index is 13.6. The fourth-order valence-electron chi connectivity index (χ4n) is 2.67. The van der Waals surface area contributed by atoms with Crippen LogP contribution in [0, 0.1) is 18.2 Å². The second-order valence-corrected chi connectivity index (χ2v) is 5.89. The summed E-state index contributed by atoms with van der Waals surface area (Å²) in [7, 11) is 1.81. The zero-order valence-corrected chi connectivity index (χ0v) is 15.2. The van der Waals surface area contributed by atoms with Crippen LogP contribution in [0.1, 0.15) is 12.5 Å². The largest absolute Gasteiger partial charge is 0.435 e. The fourth-order valence-corrected chi connectivity index (χ4v) is 2.67. The summed E-state index contributed by atoms with van der Waals surface area (Å²) in [5.74, 6) is 3.65. The summed E-state index contributed by atoms with van der Waals surface area (Å²) in [6.45, 7) is 2.39. The summed E-state index contributed by atoms with van der Waals surface area (Å²) in [4.78, 5) is 14.6. The molecule has 5 nitrogen and oxygen atoms in total. The Morgan fingerprint density at radius 2 is 1.93 bits per heavy atom. The summed E-state index contributed by atoms with van der Waals surface area (Å²) in [5.41, 5.74) is 2.55. The van der Waals surface area contributed by atoms with Gasteiger partial charge in [-0.2, -0.15) is 0 Å². The SMILES string of the molecule is C#CCN(C)c1ncc(Oc2ncccc2-c2ccc(F)cc2CC)cn1. The van der Waals surface area contributed by atoms with Crippen molar-refractivity contribution in [3.8, 4) is 35.1 Å². The van der Waals surface area contributed by atoms with E-state index in [1.54, 1.807) is 29.6 Å². The molecule has 0 fully saturated rings. The van der Waals surface area contributed by atoms with Gasteiger partial charge in [0.2, 0.25) is 11.8 Å². The van der Waals surface area contributed by atoms with Gasteiger partial charge < -0.3 is 9.64 Å². The highest BCUT2D eigenvalue weighted by molar-refractivity contribution is 5.72. The standard InChI is InChI=1S/C21H19FN4O/c1-4-11-26(3)21-24-13-17(14-25-21)27-20-19(7-6-10-23-20)18-9-8-16(22)12-15(18)5-2/h1,6-10,12-14H,5,11H2,2-3H3. The summed E-state index contributed by atoms with van der Waals surface area (Å²) in [6, 6.07) is 8.42. The molecule has 0 saturated carbocycles. The van der Waals surface area contributed by atoms with Crippen molar-refractivity contribution in [2.24, 2.45) is 0 Å². The number of aryl methyl sites for hydroxylation is 1. The molecule has 1 aromatic carbocycles. The van der Waals surface area contributed by atoms with Crippen LogP contribution in [0.2, 0.25) is 0 Å². The predicted molar refractivity (Wildman–Crippen MR) is 103 cm³/mol. The Morgan fingerprint density at radius 1 is 1.15 bits per heavy atom. The number of rotatable bonds is 6. The van der Waals surface area contributed by atoms with Gasteiger partial charge in [0.05, 0.1) is 18.9 Å². The zero-order chi connectivity index (χ0) is 19.2. The monoisotopic (exact) mass is 362 g/mol. The first-order chi connectivity index (χ1) is 13.1. The number of pyridine rings is 1. The lowest BCUT2D eigenvalue weighted by Crippen LogP contribution is -2.19. The van der Waals surface area contributed by atoms with Gasteiger partial charge in [-0.05, 0) is 41.8 Å². The quantitative estimate of drug-likeness (QED) is 0.618. The van der Waals surface area contributed by atoms with Crippen molar-refractivity contribution in [1.29, 1.82) is 0 Å². The second kappa shape index (κ2) is 8.28. The van der Waals surface area contributed by atoms with Gasteiger partial charge in [0.1, 0.15) is 5.82 Å². The van der Waals surface area contributed by atoms with Crippen molar-refractivity contribution in [2.45, 2.75) is 13.3 Å². The van der Waals surface area contributed by atoms with Gasteiger partial charge >= 0.3 is 0 Å². The third-order valence-corrected chi connectivity index (χ3v) is 4.01. The first kappa shape index (κ1) is 18.3. The molecule has 136 valence electrons. The number of ether oxygens (including phenoxy) is 1. The van der Waals surface area contributed by atoms with Crippen LogP contribution in [0.3, 0.4) is 0 Å². The molecule has 0 radical (unpaired) electrons. The molecule has 0 spiro atoms. The molecule has 3 rings (SSSR count). The van der Waals surface area contributed by atoms with Gasteiger partial charge in [-0.15, -0.1) is 6.42 Å². The molecule has 2 aromatic heterocycles. The molecule has 0 saturated heterocycles. The van der Waals surface area contributed by atoms with Gasteiger partial charge in [-0.1, -0.05) is 18.9 Å². The van der Waals surface area contributed by atoms with Crippen molar-refractivity contribution in [3.63, 3.8) is 0 Å². The molecule has 0 atom stereocenters. The lowest BCUT2D eigenvalue weighted by atomic mass is 9.99. The van der Waals surface area contributed by atoms with E-state index in [0.29, 0.717) is 30.5 Å². The van der Waals surface area contributed by atoms with Crippen molar-refractivity contribution >= 4 is 5.95 Å². The smallest absolute Gasteiger partial charge is 0.227 e. The number of benzene rings is 1. The Hall–Kier alpha value is -3.46. The molecule has 2 heterocycles. The number of nitrogens with zero attached hydrogens (tertiary/aromatic N) is 4. The van der Waals surface area contributed by atoms with Crippen LogP contribution >= 0.6 is 0 Å².